The van der Waals surface area contributed by atoms with Crippen LogP contribution in [0.25, 0.3) is 11.0 Å². The molecule has 6 nitrogen and oxygen atoms in total. The summed E-state index contributed by atoms with van der Waals surface area (Å²) in [6, 6.07) is 12.4. The minimum Gasteiger partial charge on any atom is -0.367 e. The van der Waals surface area contributed by atoms with E-state index in [1.165, 1.54) is 16.4 Å². The van der Waals surface area contributed by atoms with Crippen molar-refractivity contribution in [2.45, 2.75) is 17.9 Å². The largest absolute Gasteiger partial charge is 0.367 e. The highest BCUT2D eigenvalue weighted by molar-refractivity contribution is 7.90. The molecule has 4 rings (SSSR count). The third-order valence-corrected chi connectivity index (χ3v) is 6.77. The van der Waals surface area contributed by atoms with Crippen molar-refractivity contribution in [3.8, 4) is 0 Å². The molecule has 0 bridgehead atoms. The van der Waals surface area contributed by atoms with Gasteiger partial charge in [-0.1, -0.05) is 29.8 Å². The summed E-state index contributed by atoms with van der Waals surface area (Å²) >= 11 is 6.12. The normalized spacial score (nSPS) is 18.4. The van der Waals surface area contributed by atoms with E-state index in [1.54, 1.807) is 24.3 Å². The molecule has 1 aliphatic rings. The molecule has 0 aliphatic carbocycles. The van der Waals surface area contributed by atoms with Crippen molar-refractivity contribution >= 4 is 38.3 Å². The molecule has 3 aromatic rings. The maximum Gasteiger partial charge on any atom is 0.270 e. The second-order valence-electron chi connectivity index (χ2n) is 6.42. The van der Waals surface area contributed by atoms with E-state index >= 15 is 0 Å². The van der Waals surface area contributed by atoms with Crippen LogP contribution in [0.4, 0.5) is 5.69 Å². The molecule has 1 N–H and O–H groups in total. The number of aromatic nitrogens is 2. The topological polar surface area (TPSA) is 67.2 Å². The number of fused-ring (bicyclic) bond motifs is 1. The van der Waals surface area contributed by atoms with Crippen LogP contribution in [0.3, 0.4) is 0 Å². The zero-order valence-corrected chi connectivity index (χ0v) is 15.8. The molecule has 1 atom stereocenters. The van der Waals surface area contributed by atoms with E-state index in [-0.39, 0.29) is 9.92 Å². The molecule has 1 aliphatic heterocycles. The Balaban J connectivity index is 1.84. The van der Waals surface area contributed by atoms with Gasteiger partial charge >= 0.3 is 0 Å². The van der Waals surface area contributed by atoms with Crippen LogP contribution < -0.4 is 10.2 Å². The molecule has 2 aromatic carbocycles. The smallest absolute Gasteiger partial charge is 0.270 e. The number of nitrogens with one attached hydrogen (secondary N) is 1. The second-order valence-corrected chi connectivity index (χ2v) is 8.61. The lowest BCUT2D eigenvalue weighted by molar-refractivity contribution is 0.485. The Morgan fingerprint density at radius 3 is 2.77 bits per heavy atom. The maximum absolute atomic E-state index is 13.1. The number of nitrogens with zero attached hydrogens (tertiary/aromatic N) is 3. The Morgan fingerprint density at radius 2 is 2.00 bits per heavy atom. The van der Waals surface area contributed by atoms with Crippen LogP contribution in [0.1, 0.15) is 6.92 Å². The number of anilines is 1. The van der Waals surface area contributed by atoms with Crippen LogP contribution in [0.15, 0.2) is 53.7 Å². The Bertz CT molecular complexity index is 1060. The Hall–Kier alpha value is -2.09. The molecule has 0 radical (unpaired) electrons. The van der Waals surface area contributed by atoms with Crippen molar-refractivity contribution in [1.29, 1.82) is 0 Å². The second kappa shape index (κ2) is 6.57. The van der Waals surface area contributed by atoms with E-state index in [0.29, 0.717) is 17.1 Å². The quantitative estimate of drug-likeness (QED) is 0.744. The van der Waals surface area contributed by atoms with Crippen LogP contribution in [0, 0.1) is 0 Å². The molecule has 1 aromatic heterocycles. The summed E-state index contributed by atoms with van der Waals surface area (Å²) in [7, 11) is -3.82. The van der Waals surface area contributed by atoms with Gasteiger partial charge in [0.25, 0.3) is 10.0 Å². The van der Waals surface area contributed by atoms with Gasteiger partial charge in [-0.25, -0.2) is 17.4 Å². The monoisotopic (exact) mass is 390 g/mol. The molecule has 26 heavy (non-hydrogen) atoms. The van der Waals surface area contributed by atoms with Gasteiger partial charge in [-0.3, -0.25) is 0 Å². The van der Waals surface area contributed by atoms with Crippen molar-refractivity contribution in [3.63, 3.8) is 0 Å². The van der Waals surface area contributed by atoms with Gasteiger partial charge in [-0.2, -0.15) is 0 Å². The van der Waals surface area contributed by atoms with Crippen molar-refractivity contribution < 1.29 is 8.42 Å². The molecular formula is C18H19ClN4O2S. The summed E-state index contributed by atoms with van der Waals surface area (Å²) in [6.45, 7) is 4.72. The number of benzene rings is 2. The zero-order valence-electron chi connectivity index (χ0n) is 14.3. The van der Waals surface area contributed by atoms with Gasteiger partial charge in [0.15, 0.2) is 0 Å². The molecule has 0 amide bonds. The maximum atomic E-state index is 13.1. The number of para-hydroxylation sites is 1. The summed E-state index contributed by atoms with van der Waals surface area (Å²) in [6.07, 6.45) is 1.36. The average Bonchev–Trinajstić information content (AvgIpc) is 3.07. The minimum absolute atomic E-state index is 0.0714. The standard InChI is InChI=1S/C18H19ClN4O2S/c1-13-11-22(10-9-20-13)15-6-4-7-16-18(15)21-12-23(16)26(24,25)17-8-3-2-5-14(17)19/h2-8,12-13,20H,9-11H2,1H3/t13-/m1/s1. The predicted molar refractivity (Wildman–Crippen MR) is 103 cm³/mol. The van der Waals surface area contributed by atoms with Crippen LogP contribution in [0.5, 0.6) is 0 Å². The van der Waals surface area contributed by atoms with Gasteiger partial charge in [-0.05, 0) is 31.2 Å². The van der Waals surface area contributed by atoms with Crippen LogP contribution in [-0.4, -0.2) is 43.1 Å². The third kappa shape index (κ3) is 2.86. The predicted octanol–water partition coefficient (Wildman–Crippen LogP) is 2.72. The van der Waals surface area contributed by atoms with Crippen LogP contribution >= 0.6 is 11.6 Å². The molecule has 0 unspecified atom stereocenters. The lowest BCUT2D eigenvalue weighted by Crippen LogP contribution is -2.49. The van der Waals surface area contributed by atoms with E-state index in [1.807, 2.05) is 12.1 Å². The van der Waals surface area contributed by atoms with Gasteiger partial charge < -0.3 is 10.2 Å². The summed E-state index contributed by atoms with van der Waals surface area (Å²) in [4.78, 5) is 6.73. The summed E-state index contributed by atoms with van der Waals surface area (Å²) in [5.41, 5.74) is 2.18. The molecule has 8 heteroatoms. The van der Waals surface area contributed by atoms with E-state index in [2.05, 4.69) is 22.1 Å². The van der Waals surface area contributed by atoms with Gasteiger partial charge in [0, 0.05) is 25.7 Å². The molecule has 0 spiro atoms. The number of hydrogen-bond acceptors (Lipinski definition) is 5. The first kappa shape index (κ1) is 17.3. The van der Waals surface area contributed by atoms with Crippen molar-refractivity contribution in [2.75, 3.05) is 24.5 Å². The number of rotatable bonds is 3. The fourth-order valence-electron chi connectivity index (χ4n) is 3.36. The summed E-state index contributed by atoms with van der Waals surface area (Å²) < 4.78 is 27.4. The van der Waals surface area contributed by atoms with Crippen molar-refractivity contribution in [1.82, 2.24) is 14.3 Å². The first-order valence-electron chi connectivity index (χ1n) is 8.43. The van der Waals surface area contributed by atoms with E-state index in [0.717, 1.165) is 25.3 Å². The Labute approximate surface area is 157 Å². The molecule has 2 heterocycles. The number of imidazole rings is 1. The van der Waals surface area contributed by atoms with Gasteiger partial charge in [0.1, 0.15) is 16.7 Å². The van der Waals surface area contributed by atoms with Crippen molar-refractivity contribution in [2.24, 2.45) is 0 Å². The molecule has 1 saturated heterocycles. The summed E-state index contributed by atoms with van der Waals surface area (Å²) in [5.74, 6) is 0. The fraction of sp³-hybridized carbons (Fsp3) is 0.278. The first-order valence-corrected chi connectivity index (χ1v) is 10.2. The first-order chi connectivity index (χ1) is 12.5. The highest BCUT2D eigenvalue weighted by Gasteiger charge is 2.25. The lowest BCUT2D eigenvalue weighted by Gasteiger charge is -2.33. The van der Waals surface area contributed by atoms with E-state index in [9.17, 15) is 8.42 Å². The summed E-state index contributed by atoms with van der Waals surface area (Å²) in [5, 5.41) is 3.60. The van der Waals surface area contributed by atoms with Crippen LogP contribution in [0.2, 0.25) is 5.02 Å². The van der Waals surface area contributed by atoms with E-state index < -0.39 is 10.0 Å². The molecule has 136 valence electrons. The number of halogens is 1. The zero-order chi connectivity index (χ0) is 18.3. The van der Waals surface area contributed by atoms with Crippen molar-refractivity contribution in [3.05, 3.63) is 53.8 Å². The van der Waals surface area contributed by atoms with Crippen LogP contribution in [-0.2, 0) is 10.0 Å². The minimum atomic E-state index is -3.82. The van der Waals surface area contributed by atoms with Gasteiger partial charge in [-0.15, -0.1) is 0 Å². The van der Waals surface area contributed by atoms with Gasteiger partial charge in [0.05, 0.1) is 16.2 Å². The van der Waals surface area contributed by atoms with E-state index in [4.69, 9.17) is 11.6 Å². The highest BCUT2D eigenvalue weighted by Crippen LogP contribution is 2.30. The fourth-order valence-corrected chi connectivity index (χ4v) is 5.14. The Morgan fingerprint density at radius 1 is 1.19 bits per heavy atom. The Kier molecular flexibility index (Phi) is 4.38. The molecule has 0 saturated carbocycles. The van der Waals surface area contributed by atoms with Gasteiger partial charge in [0.2, 0.25) is 0 Å². The average molecular weight is 391 g/mol. The molecular weight excluding hydrogens is 372 g/mol. The lowest BCUT2D eigenvalue weighted by atomic mass is 10.2. The third-order valence-electron chi connectivity index (χ3n) is 4.61. The number of piperazine rings is 1. The molecule has 1 fully saturated rings. The number of hydrogen-bond donors (Lipinski definition) is 1. The SMILES string of the molecule is C[C@@H]1CN(c2cccc3c2ncn3S(=O)(=O)c2ccccc2Cl)CCN1. The highest BCUT2D eigenvalue weighted by atomic mass is 35.5.